The molecule has 1 rings (SSSR count). The molecule has 6 heteroatoms. The lowest BCUT2D eigenvalue weighted by Gasteiger charge is -2.20. The summed E-state index contributed by atoms with van der Waals surface area (Å²) in [4.78, 5) is 11.6. The average molecular weight is 282 g/mol. The zero-order valence-corrected chi connectivity index (χ0v) is 12.6. The van der Waals surface area contributed by atoms with Crippen LogP contribution in [0.4, 0.5) is 10.5 Å². The summed E-state index contributed by atoms with van der Waals surface area (Å²) in [6.07, 6.45) is -0.494. The number of hydrogen-bond donors (Lipinski definition) is 2. The highest BCUT2D eigenvalue weighted by Gasteiger charge is 2.16. The molecule has 0 bridgehead atoms. The summed E-state index contributed by atoms with van der Waals surface area (Å²) >= 11 is 0. The van der Waals surface area contributed by atoms with E-state index in [-0.39, 0.29) is 6.54 Å². The first-order valence-corrected chi connectivity index (χ1v) is 6.24. The van der Waals surface area contributed by atoms with Crippen LogP contribution in [-0.2, 0) is 11.3 Å². The highest BCUT2D eigenvalue weighted by Crippen LogP contribution is 2.31. The first-order chi connectivity index (χ1) is 9.26. The van der Waals surface area contributed by atoms with Crippen molar-refractivity contribution >= 4 is 11.8 Å². The monoisotopic (exact) mass is 282 g/mol. The van der Waals surface area contributed by atoms with Crippen LogP contribution in [-0.4, -0.2) is 25.9 Å². The summed E-state index contributed by atoms with van der Waals surface area (Å²) in [5.41, 5.74) is 6.61. The largest absolute Gasteiger partial charge is 0.493 e. The van der Waals surface area contributed by atoms with E-state index in [0.29, 0.717) is 17.2 Å². The lowest BCUT2D eigenvalue weighted by atomic mass is 10.1. The predicted octanol–water partition coefficient (Wildman–Crippen LogP) is 2.31. The Morgan fingerprint density at radius 1 is 1.20 bits per heavy atom. The summed E-state index contributed by atoms with van der Waals surface area (Å²) in [5, 5.41) is 2.65. The number of nitrogen functional groups attached to an aromatic ring is 1. The fourth-order valence-corrected chi connectivity index (χ4v) is 1.57. The molecule has 0 saturated carbocycles. The zero-order valence-electron chi connectivity index (χ0n) is 12.6. The first kappa shape index (κ1) is 15.9. The molecule has 0 aromatic heterocycles. The van der Waals surface area contributed by atoms with E-state index in [1.54, 1.807) is 40.0 Å². The van der Waals surface area contributed by atoms with E-state index >= 15 is 0 Å². The molecule has 1 aromatic rings. The van der Waals surface area contributed by atoms with Crippen LogP contribution in [0.2, 0.25) is 0 Å². The minimum absolute atomic E-state index is 0.251. The van der Waals surface area contributed by atoms with Gasteiger partial charge >= 0.3 is 6.09 Å². The number of ether oxygens (including phenoxy) is 3. The molecule has 0 atom stereocenters. The summed E-state index contributed by atoms with van der Waals surface area (Å²) < 4.78 is 15.5. The number of carbonyl (C=O) groups excluding carboxylic acids is 1. The number of hydrogen-bond acceptors (Lipinski definition) is 5. The Kier molecular flexibility index (Phi) is 5.07. The number of anilines is 1. The SMILES string of the molecule is COc1cc(N)c(CNC(=O)OC(C)(C)C)cc1OC. The Morgan fingerprint density at radius 3 is 2.25 bits per heavy atom. The summed E-state index contributed by atoms with van der Waals surface area (Å²) in [7, 11) is 3.08. The highest BCUT2D eigenvalue weighted by atomic mass is 16.6. The Bertz CT molecular complexity index is 481. The van der Waals surface area contributed by atoms with Crippen molar-refractivity contribution in [3.63, 3.8) is 0 Å². The maximum Gasteiger partial charge on any atom is 0.407 e. The van der Waals surface area contributed by atoms with Gasteiger partial charge in [0.15, 0.2) is 11.5 Å². The summed E-state index contributed by atoms with van der Waals surface area (Å²) in [5.74, 6) is 1.11. The third-order valence-corrected chi connectivity index (χ3v) is 2.47. The minimum atomic E-state index is -0.534. The molecule has 20 heavy (non-hydrogen) atoms. The first-order valence-electron chi connectivity index (χ1n) is 6.24. The molecule has 0 aliphatic rings. The van der Waals surface area contributed by atoms with Crippen molar-refractivity contribution in [1.82, 2.24) is 5.32 Å². The summed E-state index contributed by atoms with van der Waals surface area (Å²) in [6, 6.07) is 3.39. The maximum absolute atomic E-state index is 11.6. The number of nitrogens with one attached hydrogen (secondary N) is 1. The van der Waals surface area contributed by atoms with Gasteiger partial charge in [-0.05, 0) is 32.4 Å². The standard InChI is InChI=1S/C14H22N2O4/c1-14(2,3)20-13(17)16-8-9-6-11(18-4)12(19-5)7-10(9)15/h6-7H,8,15H2,1-5H3,(H,16,17). The van der Waals surface area contributed by atoms with Gasteiger partial charge in [0.2, 0.25) is 0 Å². The van der Waals surface area contributed by atoms with Gasteiger partial charge in [0.1, 0.15) is 5.60 Å². The van der Waals surface area contributed by atoms with Gasteiger partial charge in [-0.2, -0.15) is 0 Å². The highest BCUT2D eigenvalue weighted by molar-refractivity contribution is 5.68. The molecule has 0 unspecified atom stereocenters. The van der Waals surface area contributed by atoms with Crippen molar-refractivity contribution in [3.05, 3.63) is 17.7 Å². The molecule has 0 saturated heterocycles. The van der Waals surface area contributed by atoms with E-state index in [4.69, 9.17) is 19.9 Å². The van der Waals surface area contributed by atoms with E-state index in [9.17, 15) is 4.79 Å². The van der Waals surface area contributed by atoms with Gasteiger partial charge < -0.3 is 25.3 Å². The number of methoxy groups -OCH3 is 2. The predicted molar refractivity (Wildman–Crippen MR) is 77.0 cm³/mol. The van der Waals surface area contributed by atoms with Gasteiger partial charge in [-0.15, -0.1) is 0 Å². The van der Waals surface area contributed by atoms with Crippen molar-refractivity contribution < 1.29 is 19.0 Å². The Morgan fingerprint density at radius 2 is 1.75 bits per heavy atom. The second kappa shape index (κ2) is 6.36. The quantitative estimate of drug-likeness (QED) is 0.828. The van der Waals surface area contributed by atoms with E-state index in [1.165, 1.54) is 7.11 Å². The van der Waals surface area contributed by atoms with Crippen molar-refractivity contribution in [2.75, 3.05) is 20.0 Å². The normalized spacial score (nSPS) is 10.8. The van der Waals surface area contributed by atoms with E-state index in [0.717, 1.165) is 5.56 Å². The molecule has 1 amide bonds. The van der Waals surface area contributed by atoms with Gasteiger partial charge in [0.25, 0.3) is 0 Å². The molecule has 1 aromatic carbocycles. The van der Waals surface area contributed by atoms with Crippen LogP contribution >= 0.6 is 0 Å². The lowest BCUT2D eigenvalue weighted by molar-refractivity contribution is 0.0523. The average Bonchev–Trinajstić information content (AvgIpc) is 2.34. The van der Waals surface area contributed by atoms with E-state index < -0.39 is 11.7 Å². The Balaban J connectivity index is 2.76. The molecule has 0 aliphatic heterocycles. The summed E-state index contributed by atoms with van der Waals surface area (Å²) in [6.45, 7) is 5.66. The molecule has 0 heterocycles. The zero-order chi connectivity index (χ0) is 15.3. The number of amides is 1. The van der Waals surface area contributed by atoms with Crippen LogP contribution in [0.5, 0.6) is 11.5 Å². The molecule has 112 valence electrons. The van der Waals surface area contributed by atoms with Crippen LogP contribution in [0.1, 0.15) is 26.3 Å². The lowest BCUT2D eigenvalue weighted by Crippen LogP contribution is -2.32. The second-order valence-corrected chi connectivity index (χ2v) is 5.26. The van der Waals surface area contributed by atoms with Gasteiger partial charge in [0, 0.05) is 18.3 Å². The molecule has 3 N–H and O–H groups in total. The molecule has 0 radical (unpaired) electrons. The van der Waals surface area contributed by atoms with E-state index in [2.05, 4.69) is 5.32 Å². The molecular weight excluding hydrogens is 260 g/mol. The fraction of sp³-hybridized carbons (Fsp3) is 0.500. The number of alkyl carbamates (subject to hydrolysis) is 1. The molecule has 0 aliphatic carbocycles. The van der Waals surface area contributed by atoms with Crippen molar-refractivity contribution in [3.8, 4) is 11.5 Å². The number of rotatable bonds is 4. The maximum atomic E-state index is 11.6. The molecular formula is C14H22N2O4. The van der Waals surface area contributed by atoms with Crippen LogP contribution < -0.4 is 20.5 Å². The van der Waals surface area contributed by atoms with Crippen LogP contribution in [0.25, 0.3) is 0 Å². The van der Waals surface area contributed by atoms with Crippen molar-refractivity contribution in [2.45, 2.75) is 32.9 Å². The van der Waals surface area contributed by atoms with Gasteiger partial charge in [-0.1, -0.05) is 0 Å². The van der Waals surface area contributed by atoms with Crippen LogP contribution in [0.15, 0.2) is 12.1 Å². The van der Waals surface area contributed by atoms with Crippen molar-refractivity contribution in [1.29, 1.82) is 0 Å². The van der Waals surface area contributed by atoms with Gasteiger partial charge in [-0.3, -0.25) is 0 Å². The van der Waals surface area contributed by atoms with Gasteiger partial charge in [0.05, 0.1) is 14.2 Å². The molecule has 6 nitrogen and oxygen atoms in total. The van der Waals surface area contributed by atoms with Crippen molar-refractivity contribution in [2.24, 2.45) is 0 Å². The molecule has 0 spiro atoms. The minimum Gasteiger partial charge on any atom is -0.493 e. The van der Waals surface area contributed by atoms with E-state index in [1.807, 2.05) is 0 Å². The Labute approximate surface area is 119 Å². The Hall–Kier alpha value is -2.11. The second-order valence-electron chi connectivity index (χ2n) is 5.26. The third kappa shape index (κ3) is 4.53. The van der Waals surface area contributed by atoms with Crippen LogP contribution in [0.3, 0.4) is 0 Å². The third-order valence-electron chi connectivity index (χ3n) is 2.47. The molecule has 0 fully saturated rings. The fourth-order valence-electron chi connectivity index (χ4n) is 1.57. The number of benzene rings is 1. The number of carbonyl (C=O) groups is 1. The van der Waals surface area contributed by atoms with Gasteiger partial charge in [-0.25, -0.2) is 4.79 Å². The topological polar surface area (TPSA) is 82.8 Å². The van der Waals surface area contributed by atoms with Crippen LogP contribution in [0, 0.1) is 0 Å². The number of nitrogens with two attached hydrogens (primary N) is 1. The smallest absolute Gasteiger partial charge is 0.407 e.